The summed E-state index contributed by atoms with van der Waals surface area (Å²) in [7, 11) is 0. The number of rotatable bonds is 6. The molecule has 0 spiro atoms. The van der Waals surface area contributed by atoms with Crippen LogP contribution >= 0.6 is 0 Å². The van der Waals surface area contributed by atoms with Gasteiger partial charge in [-0.2, -0.15) is 0 Å². The number of fused-ring (bicyclic) bond motifs is 3. The molecule has 0 amide bonds. The van der Waals surface area contributed by atoms with E-state index in [2.05, 4.69) is 136 Å². The topological polar surface area (TPSA) is 69.4 Å². The summed E-state index contributed by atoms with van der Waals surface area (Å²) in [6, 6.07) is 50.6. The molecule has 0 N–H and O–H groups in total. The summed E-state index contributed by atoms with van der Waals surface area (Å²) in [5, 5.41) is 2.42. The molecule has 0 aliphatic heterocycles. The summed E-state index contributed by atoms with van der Waals surface area (Å²) in [6.45, 7) is 0. The number of pyridine rings is 2. The molecule has 9 rings (SSSR count). The summed E-state index contributed by atoms with van der Waals surface area (Å²) < 4.78 is 2.41. The molecule has 0 atom stereocenters. The Bertz CT molecular complexity index is 2410. The summed E-state index contributed by atoms with van der Waals surface area (Å²) in [4.78, 5) is 23.7. The molecular formula is C43H28N6. The van der Waals surface area contributed by atoms with Crippen LogP contribution in [0.5, 0.6) is 0 Å². The van der Waals surface area contributed by atoms with E-state index in [9.17, 15) is 0 Å². The highest BCUT2D eigenvalue weighted by Crippen LogP contribution is 2.43. The van der Waals surface area contributed by atoms with Crippen LogP contribution in [-0.4, -0.2) is 29.5 Å². The summed E-state index contributed by atoms with van der Waals surface area (Å²) in [6.07, 6.45) is 7.06. The van der Waals surface area contributed by atoms with E-state index in [0.717, 1.165) is 55.7 Å². The molecule has 0 bridgehead atoms. The maximum atomic E-state index is 5.07. The zero-order valence-corrected chi connectivity index (χ0v) is 26.3. The van der Waals surface area contributed by atoms with Gasteiger partial charge in [0.2, 0.25) is 0 Å². The van der Waals surface area contributed by atoms with Gasteiger partial charge in [-0.3, -0.25) is 9.97 Å². The number of aromatic nitrogens is 6. The lowest BCUT2D eigenvalue weighted by Gasteiger charge is -2.21. The van der Waals surface area contributed by atoms with Crippen LogP contribution in [0.15, 0.2) is 170 Å². The number of nitrogens with zero attached hydrogens (tertiary/aromatic N) is 6. The molecule has 5 aromatic carbocycles. The lowest BCUT2D eigenvalue weighted by Crippen LogP contribution is -2.04. The molecule has 6 nitrogen and oxygen atoms in total. The van der Waals surface area contributed by atoms with Crippen molar-refractivity contribution in [1.29, 1.82) is 0 Å². The number of hydrogen-bond acceptors (Lipinski definition) is 5. The van der Waals surface area contributed by atoms with Crippen LogP contribution in [0.2, 0.25) is 0 Å². The Kier molecular flexibility index (Phi) is 7.02. The largest absolute Gasteiger partial charge is 0.308 e. The normalized spacial score (nSPS) is 11.3. The number of hydrogen-bond donors (Lipinski definition) is 0. The van der Waals surface area contributed by atoms with Crippen LogP contribution < -0.4 is 0 Å². The fraction of sp³-hybridized carbons (Fsp3) is 0. The number of para-hydroxylation sites is 2. The van der Waals surface area contributed by atoms with Gasteiger partial charge in [-0.25, -0.2) is 15.0 Å². The van der Waals surface area contributed by atoms with Crippen molar-refractivity contribution >= 4 is 21.8 Å². The molecule has 0 aliphatic rings. The van der Waals surface area contributed by atoms with Gasteiger partial charge in [-0.05, 0) is 59.7 Å². The fourth-order valence-corrected chi connectivity index (χ4v) is 6.60. The van der Waals surface area contributed by atoms with Gasteiger partial charge in [0.25, 0.3) is 0 Å². The van der Waals surface area contributed by atoms with E-state index >= 15 is 0 Å². The van der Waals surface area contributed by atoms with Gasteiger partial charge in [0, 0.05) is 63.4 Å². The number of benzene rings is 5. The Labute approximate surface area is 283 Å². The first-order valence-electron chi connectivity index (χ1n) is 16.2. The van der Waals surface area contributed by atoms with Crippen molar-refractivity contribution in [1.82, 2.24) is 29.5 Å². The first-order chi connectivity index (χ1) is 24.3. The Morgan fingerprint density at radius 2 is 0.776 bits per heavy atom. The maximum absolute atomic E-state index is 5.07. The Morgan fingerprint density at radius 1 is 0.367 bits per heavy atom. The molecule has 6 heteroatoms. The molecule has 0 fully saturated rings. The Morgan fingerprint density at radius 3 is 1.22 bits per heavy atom. The summed E-state index contributed by atoms with van der Waals surface area (Å²) >= 11 is 0. The second-order valence-electron chi connectivity index (χ2n) is 11.8. The first kappa shape index (κ1) is 28.4. The van der Waals surface area contributed by atoms with Crippen LogP contribution in [0.25, 0.3) is 83.9 Å². The van der Waals surface area contributed by atoms with Gasteiger partial charge in [0.1, 0.15) is 0 Å². The lowest BCUT2D eigenvalue weighted by atomic mass is 9.92. The molecule has 49 heavy (non-hydrogen) atoms. The standard InChI is InChI=1S/C43H28N6/c1-3-13-29(14-4-1)36-25-33(43-47-41(31-17-11-23-44-27-31)46-42(48-43)32-18-12-24-45-28-32)26-37(30-15-5-2-6-16-30)40(36)49-38-21-9-7-19-34(38)35-20-8-10-22-39(35)49/h1-28H. The Hall–Kier alpha value is -6.79. The molecule has 0 saturated carbocycles. The molecule has 4 heterocycles. The highest BCUT2D eigenvalue weighted by molar-refractivity contribution is 6.10. The average molecular weight is 629 g/mol. The third-order valence-corrected chi connectivity index (χ3v) is 8.82. The van der Waals surface area contributed by atoms with Crippen molar-refractivity contribution in [2.24, 2.45) is 0 Å². The lowest BCUT2D eigenvalue weighted by molar-refractivity contribution is 1.07. The van der Waals surface area contributed by atoms with Crippen LogP contribution in [0.4, 0.5) is 0 Å². The van der Waals surface area contributed by atoms with E-state index < -0.39 is 0 Å². The maximum Gasteiger partial charge on any atom is 0.165 e. The van der Waals surface area contributed by atoms with Gasteiger partial charge in [0.15, 0.2) is 17.5 Å². The molecule has 9 aromatic rings. The van der Waals surface area contributed by atoms with Crippen molar-refractivity contribution < 1.29 is 0 Å². The highest BCUT2D eigenvalue weighted by Gasteiger charge is 2.22. The van der Waals surface area contributed by atoms with E-state index in [1.807, 2.05) is 24.3 Å². The molecule has 230 valence electrons. The molecule has 0 unspecified atom stereocenters. The molecule has 4 aromatic heterocycles. The zero-order valence-electron chi connectivity index (χ0n) is 26.3. The monoisotopic (exact) mass is 628 g/mol. The minimum Gasteiger partial charge on any atom is -0.308 e. The third kappa shape index (κ3) is 5.12. The van der Waals surface area contributed by atoms with E-state index in [1.165, 1.54) is 10.8 Å². The summed E-state index contributed by atoms with van der Waals surface area (Å²) in [5.41, 5.74) is 10.2. The highest BCUT2D eigenvalue weighted by atomic mass is 15.0. The quantitative estimate of drug-likeness (QED) is 0.183. The van der Waals surface area contributed by atoms with Crippen LogP contribution in [0.1, 0.15) is 0 Å². The van der Waals surface area contributed by atoms with Crippen LogP contribution in [-0.2, 0) is 0 Å². The predicted molar refractivity (Wildman–Crippen MR) is 197 cm³/mol. The van der Waals surface area contributed by atoms with E-state index in [0.29, 0.717) is 17.5 Å². The molecular weight excluding hydrogens is 601 g/mol. The van der Waals surface area contributed by atoms with Crippen LogP contribution in [0.3, 0.4) is 0 Å². The predicted octanol–water partition coefficient (Wildman–Crippen LogP) is 10.1. The smallest absolute Gasteiger partial charge is 0.165 e. The van der Waals surface area contributed by atoms with Gasteiger partial charge < -0.3 is 4.57 Å². The van der Waals surface area contributed by atoms with Gasteiger partial charge >= 0.3 is 0 Å². The molecule has 0 saturated heterocycles. The van der Waals surface area contributed by atoms with Crippen LogP contribution in [0, 0.1) is 0 Å². The average Bonchev–Trinajstić information content (AvgIpc) is 3.52. The van der Waals surface area contributed by atoms with Gasteiger partial charge in [-0.15, -0.1) is 0 Å². The molecule has 0 radical (unpaired) electrons. The van der Waals surface area contributed by atoms with E-state index in [4.69, 9.17) is 15.0 Å². The third-order valence-electron chi connectivity index (χ3n) is 8.82. The van der Waals surface area contributed by atoms with Crippen molar-refractivity contribution in [3.8, 4) is 62.1 Å². The van der Waals surface area contributed by atoms with Crippen molar-refractivity contribution in [2.75, 3.05) is 0 Å². The molecule has 0 aliphatic carbocycles. The van der Waals surface area contributed by atoms with Gasteiger partial charge in [0.05, 0.1) is 16.7 Å². The second-order valence-corrected chi connectivity index (χ2v) is 11.8. The second kappa shape index (κ2) is 12.1. The van der Waals surface area contributed by atoms with Gasteiger partial charge in [-0.1, -0.05) is 97.1 Å². The minimum absolute atomic E-state index is 0.547. The van der Waals surface area contributed by atoms with E-state index in [-0.39, 0.29) is 0 Å². The van der Waals surface area contributed by atoms with Crippen molar-refractivity contribution in [2.45, 2.75) is 0 Å². The zero-order chi connectivity index (χ0) is 32.6. The van der Waals surface area contributed by atoms with E-state index in [1.54, 1.807) is 24.8 Å². The summed E-state index contributed by atoms with van der Waals surface area (Å²) in [5.74, 6) is 1.66. The van der Waals surface area contributed by atoms with Crippen molar-refractivity contribution in [3.05, 3.63) is 170 Å². The Balaban J connectivity index is 1.40. The fourth-order valence-electron chi connectivity index (χ4n) is 6.60. The first-order valence-corrected chi connectivity index (χ1v) is 16.2. The SMILES string of the molecule is c1ccc(-c2cc(-c3nc(-c4cccnc4)nc(-c4cccnc4)n3)cc(-c3ccccc3)c2-n2c3ccccc3c3ccccc32)cc1. The van der Waals surface area contributed by atoms with Crippen molar-refractivity contribution in [3.63, 3.8) is 0 Å². The minimum atomic E-state index is 0.547.